The second kappa shape index (κ2) is 4.74. The molecule has 0 atom stereocenters. The quantitative estimate of drug-likeness (QED) is 0.650. The Bertz CT molecular complexity index is 671. The van der Waals surface area contributed by atoms with Gasteiger partial charge in [0.2, 0.25) is 5.76 Å². The summed E-state index contributed by atoms with van der Waals surface area (Å²) < 4.78 is 5.49. The fraction of sp³-hybridized carbons (Fsp3) is 0.231. The van der Waals surface area contributed by atoms with Crippen LogP contribution in [-0.2, 0) is 0 Å². The lowest BCUT2D eigenvalue weighted by Gasteiger charge is -2.04. The van der Waals surface area contributed by atoms with Gasteiger partial charge < -0.3 is 14.4 Å². The first-order valence-corrected chi connectivity index (χ1v) is 5.79. The molecule has 0 aliphatic heterocycles. The molecule has 0 aliphatic rings. The summed E-state index contributed by atoms with van der Waals surface area (Å²) in [5.41, 5.74) is 1.18. The molecule has 0 saturated carbocycles. The summed E-state index contributed by atoms with van der Waals surface area (Å²) in [6, 6.07) is 4.30. The van der Waals surface area contributed by atoms with Crippen LogP contribution in [0.4, 0.5) is 5.69 Å². The van der Waals surface area contributed by atoms with Crippen molar-refractivity contribution in [2.75, 3.05) is 14.1 Å². The van der Waals surface area contributed by atoms with Gasteiger partial charge in [-0.05, 0) is 18.2 Å². The first-order valence-electron chi connectivity index (χ1n) is 5.79. The number of rotatable bonds is 3. The first-order chi connectivity index (χ1) is 8.90. The number of hydrogen-bond donors (Lipinski definition) is 2. The Kier molecular flexibility index (Phi) is 3.26. The van der Waals surface area contributed by atoms with Crippen LogP contribution in [0.25, 0.3) is 17.0 Å². The van der Waals surface area contributed by atoms with Crippen molar-refractivity contribution >= 4 is 22.7 Å². The Hall–Kier alpha value is -2.34. The summed E-state index contributed by atoms with van der Waals surface area (Å²) in [6.07, 6.45) is 1.64. The third-order valence-corrected chi connectivity index (χ3v) is 2.99. The van der Waals surface area contributed by atoms with E-state index in [1.54, 1.807) is 6.08 Å². The number of nitrogens with zero attached hydrogens (tertiary/aromatic N) is 1. The van der Waals surface area contributed by atoms with Crippen molar-refractivity contribution in [1.29, 1.82) is 0 Å². The molecule has 1 aromatic heterocycles. The number of allylic oxidation sites excluding steroid dienone is 1. The van der Waals surface area contributed by atoms with E-state index in [2.05, 4.69) is 0 Å². The number of fused-ring (bicyclic) bond motifs is 1. The normalized spacial score (nSPS) is 12.3. The molecule has 0 unspecified atom stereocenters. The number of furan rings is 1. The molecule has 0 fully saturated rings. The monoisotopic (exact) mass is 263 g/mol. The molecule has 0 aliphatic carbocycles. The topological polar surface area (TPSA) is 81.0 Å². The van der Waals surface area contributed by atoms with Crippen LogP contribution in [0.15, 0.2) is 28.3 Å². The van der Waals surface area contributed by atoms with Gasteiger partial charge in [-0.15, -0.1) is 0 Å². The second-order valence-electron chi connectivity index (χ2n) is 4.58. The lowest BCUT2D eigenvalue weighted by Crippen LogP contribution is -3.03. The fourth-order valence-corrected chi connectivity index (χ4v) is 1.72. The molecule has 2 N–H and O–H groups in total. The highest BCUT2D eigenvalue weighted by Gasteiger charge is 2.24. The SMILES string of the molecule is C/C(=C\c1oc2ccc(O)cc2c1[N+](=O)[O-])[NH+](C)C. The Balaban J connectivity index is 2.71. The fourth-order valence-electron chi connectivity index (χ4n) is 1.72. The molecule has 19 heavy (non-hydrogen) atoms. The van der Waals surface area contributed by atoms with E-state index in [9.17, 15) is 15.2 Å². The van der Waals surface area contributed by atoms with Crippen LogP contribution in [-0.4, -0.2) is 24.1 Å². The van der Waals surface area contributed by atoms with Gasteiger partial charge in [-0.2, -0.15) is 0 Å². The van der Waals surface area contributed by atoms with E-state index in [1.165, 1.54) is 18.2 Å². The molecule has 0 bridgehead atoms. The number of phenolic OH excluding ortho intramolecular Hbond substituents is 1. The maximum Gasteiger partial charge on any atom is 0.322 e. The molecule has 0 radical (unpaired) electrons. The van der Waals surface area contributed by atoms with Crippen molar-refractivity contribution in [3.05, 3.63) is 39.8 Å². The number of benzene rings is 1. The van der Waals surface area contributed by atoms with Crippen molar-refractivity contribution in [2.45, 2.75) is 6.92 Å². The number of aromatic hydroxyl groups is 1. The third kappa shape index (κ3) is 2.43. The molecule has 2 rings (SSSR count). The molecule has 0 spiro atoms. The Morgan fingerprint density at radius 1 is 1.47 bits per heavy atom. The van der Waals surface area contributed by atoms with Crippen LogP contribution in [0.5, 0.6) is 5.75 Å². The second-order valence-corrected chi connectivity index (χ2v) is 4.58. The lowest BCUT2D eigenvalue weighted by molar-refractivity contribution is -0.815. The smallest absolute Gasteiger partial charge is 0.322 e. The highest BCUT2D eigenvalue weighted by atomic mass is 16.6. The van der Waals surface area contributed by atoms with E-state index in [0.717, 1.165) is 10.6 Å². The molecule has 6 nitrogen and oxygen atoms in total. The predicted octanol–water partition coefficient (Wildman–Crippen LogP) is 1.55. The number of phenols is 1. The van der Waals surface area contributed by atoms with Gasteiger partial charge in [0.15, 0.2) is 0 Å². The zero-order valence-corrected chi connectivity index (χ0v) is 10.9. The molecular formula is C13H15N2O4+. The van der Waals surface area contributed by atoms with Crippen LogP contribution in [0.3, 0.4) is 0 Å². The molecule has 0 saturated heterocycles. The Labute approximate surface area is 109 Å². The van der Waals surface area contributed by atoms with E-state index >= 15 is 0 Å². The Morgan fingerprint density at radius 3 is 2.74 bits per heavy atom. The van der Waals surface area contributed by atoms with E-state index < -0.39 is 4.92 Å². The van der Waals surface area contributed by atoms with Crippen LogP contribution in [0, 0.1) is 10.1 Å². The minimum atomic E-state index is -0.491. The zero-order chi connectivity index (χ0) is 14.2. The van der Waals surface area contributed by atoms with Crippen LogP contribution in [0.2, 0.25) is 0 Å². The van der Waals surface area contributed by atoms with E-state index in [0.29, 0.717) is 11.0 Å². The van der Waals surface area contributed by atoms with E-state index in [-0.39, 0.29) is 17.2 Å². The minimum Gasteiger partial charge on any atom is -0.508 e. The van der Waals surface area contributed by atoms with Crippen LogP contribution >= 0.6 is 0 Å². The maximum atomic E-state index is 11.2. The standard InChI is InChI=1S/C13H14N2O4/c1-8(14(2)3)6-12-13(15(17)18)10-7-9(16)4-5-11(10)19-12/h4-7,16H,1-3H3/p+1/b8-6+. The molecule has 2 aromatic rings. The molecule has 1 heterocycles. The minimum absolute atomic E-state index is 0.0260. The van der Waals surface area contributed by atoms with Crippen molar-refractivity contribution in [2.24, 2.45) is 0 Å². The van der Waals surface area contributed by atoms with Crippen LogP contribution < -0.4 is 4.90 Å². The predicted molar refractivity (Wildman–Crippen MR) is 71.0 cm³/mol. The largest absolute Gasteiger partial charge is 0.508 e. The van der Waals surface area contributed by atoms with Crippen molar-refractivity contribution in [1.82, 2.24) is 0 Å². The van der Waals surface area contributed by atoms with Gasteiger partial charge in [-0.25, -0.2) is 0 Å². The van der Waals surface area contributed by atoms with Gasteiger partial charge in [-0.1, -0.05) is 0 Å². The van der Waals surface area contributed by atoms with Gasteiger partial charge in [0.05, 0.1) is 19.0 Å². The zero-order valence-electron chi connectivity index (χ0n) is 10.9. The highest BCUT2D eigenvalue weighted by Crippen LogP contribution is 2.35. The Morgan fingerprint density at radius 2 is 2.16 bits per heavy atom. The van der Waals surface area contributed by atoms with E-state index in [1.807, 2.05) is 21.0 Å². The molecule has 0 amide bonds. The van der Waals surface area contributed by atoms with Gasteiger partial charge in [0, 0.05) is 13.0 Å². The molecule has 1 aromatic carbocycles. The van der Waals surface area contributed by atoms with Gasteiger partial charge >= 0.3 is 5.69 Å². The maximum absolute atomic E-state index is 11.2. The summed E-state index contributed by atoms with van der Waals surface area (Å²) in [5, 5.41) is 20.9. The van der Waals surface area contributed by atoms with Gasteiger partial charge in [0.1, 0.15) is 22.4 Å². The number of nitrogens with one attached hydrogen (secondary N) is 1. The van der Waals surface area contributed by atoms with Crippen molar-refractivity contribution < 1.29 is 19.3 Å². The summed E-state index contributed by atoms with van der Waals surface area (Å²) in [6.45, 7) is 1.86. The lowest BCUT2D eigenvalue weighted by atomic mass is 10.2. The van der Waals surface area contributed by atoms with Crippen molar-refractivity contribution in [3.63, 3.8) is 0 Å². The average molecular weight is 263 g/mol. The molecule has 6 heteroatoms. The van der Waals surface area contributed by atoms with Crippen LogP contribution in [0.1, 0.15) is 12.7 Å². The number of nitro groups is 1. The van der Waals surface area contributed by atoms with Gasteiger partial charge in [-0.3, -0.25) is 10.1 Å². The number of quaternary nitrogens is 1. The van der Waals surface area contributed by atoms with Crippen molar-refractivity contribution in [3.8, 4) is 5.75 Å². The van der Waals surface area contributed by atoms with Gasteiger partial charge in [0.25, 0.3) is 0 Å². The average Bonchev–Trinajstić information content (AvgIpc) is 2.65. The van der Waals surface area contributed by atoms with E-state index in [4.69, 9.17) is 4.42 Å². The molecule has 100 valence electrons. The number of hydrogen-bond acceptors (Lipinski definition) is 4. The molecular weight excluding hydrogens is 248 g/mol. The summed E-state index contributed by atoms with van der Waals surface area (Å²) in [5.74, 6) is 0.172. The first kappa shape index (κ1) is 13.1. The summed E-state index contributed by atoms with van der Waals surface area (Å²) >= 11 is 0. The summed E-state index contributed by atoms with van der Waals surface area (Å²) in [7, 11) is 3.85. The summed E-state index contributed by atoms with van der Waals surface area (Å²) in [4.78, 5) is 11.8. The third-order valence-electron chi connectivity index (χ3n) is 2.99. The highest BCUT2D eigenvalue weighted by molar-refractivity contribution is 5.92.